The number of hydrogen-bond acceptors (Lipinski definition) is 6. The van der Waals surface area contributed by atoms with Gasteiger partial charge in [0.15, 0.2) is 0 Å². The van der Waals surface area contributed by atoms with Crippen molar-refractivity contribution in [2.75, 3.05) is 18.1 Å². The molecule has 1 fully saturated rings. The number of rotatable bonds is 5. The molecule has 132 valence electrons. The van der Waals surface area contributed by atoms with Gasteiger partial charge >= 0.3 is 5.97 Å². The molecule has 0 radical (unpaired) electrons. The van der Waals surface area contributed by atoms with Gasteiger partial charge in [0, 0.05) is 18.7 Å². The van der Waals surface area contributed by atoms with Crippen LogP contribution in [-0.2, 0) is 14.4 Å². The maximum atomic E-state index is 12.3. The van der Waals surface area contributed by atoms with Crippen molar-refractivity contribution in [1.82, 2.24) is 10.3 Å². The molecule has 0 saturated carbocycles. The van der Waals surface area contributed by atoms with Gasteiger partial charge in [0.25, 0.3) is 0 Å². The van der Waals surface area contributed by atoms with Gasteiger partial charge in [-0.3, -0.25) is 9.59 Å². The predicted octanol–water partition coefficient (Wildman–Crippen LogP) is 0.519. The fourth-order valence-electron chi connectivity index (χ4n) is 2.81. The van der Waals surface area contributed by atoms with E-state index in [0.29, 0.717) is 5.69 Å². The summed E-state index contributed by atoms with van der Waals surface area (Å²) >= 11 is 1.56. The summed E-state index contributed by atoms with van der Waals surface area (Å²) in [5.41, 5.74) is 1.46. The first-order valence-corrected chi connectivity index (χ1v) is 8.52. The van der Waals surface area contributed by atoms with Crippen LogP contribution in [0.25, 0.3) is 10.2 Å². The standard InChI is InChI=1S/C16H17N3O5S/c1-8-17-11-5-10(2-3-13(11)25-8)19-6-9(4-14(19)21)15(22)18-12(7-20)16(23)24/h2-3,5,9,12,20H,4,6-7H2,1H3,(H,18,22)(H,23,24). The number of anilines is 1. The first-order chi connectivity index (χ1) is 11.9. The van der Waals surface area contributed by atoms with Crippen LogP contribution in [0.15, 0.2) is 18.2 Å². The minimum absolute atomic E-state index is 0.00225. The number of aromatic nitrogens is 1. The maximum absolute atomic E-state index is 12.3. The summed E-state index contributed by atoms with van der Waals surface area (Å²) in [7, 11) is 0. The molecule has 2 heterocycles. The molecular weight excluding hydrogens is 346 g/mol. The molecule has 1 aromatic carbocycles. The molecule has 1 aliphatic rings. The molecule has 9 heteroatoms. The van der Waals surface area contributed by atoms with Gasteiger partial charge in [0.1, 0.15) is 6.04 Å². The molecule has 0 spiro atoms. The van der Waals surface area contributed by atoms with E-state index in [9.17, 15) is 14.4 Å². The highest BCUT2D eigenvalue weighted by Crippen LogP contribution is 2.30. The number of carboxylic acids is 1. The van der Waals surface area contributed by atoms with E-state index >= 15 is 0 Å². The number of benzene rings is 1. The smallest absolute Gasteiger partial charge is 0.328 e. The van der Waals surface area contributed by atoms with Crippen molar-refractivity contribution >= 4 is 45.0 Å². The number of aliphatic carboxylic acids is 1. The van der Waals surface area contributed by atoms with Gasteiger partial charge in [-0.2, -0.15) is 0 Å². The molecule has 2 unspecified atom stereocenters. The number of aryl methyl sites for hydroxylation is 1. The van der Waals surface area contributed by atoms with Gasteiger partial charge in [-0.25, -0.2) is 9.78 Å². The third kappa shape index (κ3) is 3.47. The van der Waals surface area contributed by atoms with Crippen LogP contribution in [0.3, 0.4) is 0 Å². The van der Waals surface area contributed by atoms with Gasteiger partial charge < -0.3 is 20.4 Å². The van der Waals surface area contributed by atoms with E-state index in [4.69, 9.17) is 10.2 Å². The molecule has 1 saturated heterocycles. The average Bonchev–Trinajstić information content (AvgIpc) is 3.13. The molecule has 1 aromatic heterocycles. The highest BCUT2D eigenvalue weighted by molar-refractivity contribution is 7.18. The SMILES string of the molecule is Cc1nc2cc(N3CC(C(=O)NC(CO)C(=O)O)CC3=O)ccc2s1. The number of hydrogen-bond donors (Lipinski definition) is 3. The number of nitrogens with zero attached hydrogens (tertiary/aromatic N) is 2. The van der Waals surface area contributed by atoms with E-state index in [1.54, 1.807) is 11.3 Å². The van der Waals surface area contributed by atoms with Crippen LogP contribution >= 0.6 is 11.3 Å². The molecule has 2 aromatic rings. The molecule has 2 atom stereocenters. The van der Waals surface area contributed by atoms with Crippen molar-refractivity contribution in [2.24, 2.45) is 5.92 Å². The lowest BCUT2D eigenvalue weighted by Crippen LogP contribution is -2.46. The van der Waals surface area contributed by atoms with E-state index in [2.05, 4.69) is 10.3 Å². The topological polar surface area (TPSA) is 120 Å². The lowest BCUT2D eigenvalue weighted by atomic mass is 10.1. The Morgan fingerprint density at radius 3 is 2.92 bits per heavy atom. The molecule has 2 amide bonds. The predicted molar refractivity (Wildman–Crippen MR) is 91.5 cm³/mol. The lowest BCUT2D eigenvalue weighted by Gasteiger charge is -2.18. The summed E-state index contributed by atoms with van der Waals surface area (Å²) in [6.45, 7) is 1.37. The van der Waals surface area contributed by atoms with Crippen LogP contribution in [0.1, 0.15) is 11.4 Å². The van der Waals surface area contributed by atoms with Gasteiger partial charge in [0.05, 0.1) is 27.7 Å². The quantitative estimate of drug-likeness (QED) is 0.712. The van der Waals surface area contributed by atoms with Gasteiger partial charge in [-0.1, -0.05) is 0 Å². The molecule has 3 N–H and O–H groups in total. The Hall–Kier alpha value is -2.52. The normalized spacial score (nSPS) is 18.6. The third-order valence-electron chi connectivity index (χ3n) is 4.08. The molecular formula is C16H17N3O5S. The maximum Gasteiger partial charge on any atom is 0.328 e. The number of carboxylic acid groups (broad SMARTS) is 1. The zero-order chi connectivity index (χ0) is 18.1. The Morgan fingerprint density at radius 1 is 1.48 bits per heavy atom. The van der Waals surface area contributed by atoms with Crippen LogP contribution in [-0.4, -0.2) is 52.2 Å². The number of aliphatic hydroxyl groups excluding tert-OH is 1. The van der Waals surface area contributed by atoms with Crippen LogP contribution in [0.4, 0.5) is 5.69 Å². The number of aliphatic hydroxyl groups is 1. The lowest BCUT2D eigenvalue weighted by molar-refractivity contribution is -0.143. The Bertz CT molecular complexity index is 849. The first kappa shape index (κ1) is 17.3. The van der Waals surface area contributed by atoms with Crippen molar-refractivity contribution in [3.05, 3.63) is 23.2 Å². The Morgan fingerprint density at radius 2 is 2.24 bits per heavy atom. The zero-order valence-electron chi connectivity index (χ0n) is 13.4. The summed E-state index contributed by atoms with van der Waals surface area (Å²) in [4.78, 5) is 41.3. The van der Waals surface area contributed by atoms with E-state index in [1.165, 1.54) is 4.90 Å². The summed E-state index contributed by atoms with van der Waals surface area (Å²) in [5, 5.41) is 21.1. The number of nitrogens with one attached hydrogen (secondary N) is 1. The molecule has 3 rings (SSSR count). The average molecular weight is 363 g/mol. The molecule has 0 bridgehead atoms. The fraction of sp³-hybridized carbons (Fsp3) is 0.375. The highest BCUT2D eigenvalue weighted by Gasteiger charge is 2.36. The van der Waals surface area contributed by atoms with Crippen molar-refractivity contribution in [2.45, 2.75) is 19.4 Å². The van der Waals surface area contributed by atoms with E-state index < -0.39 is 30.4 Å². The summed E-state index contributed by atoms with van der Waals surface area (Å²) in [6.07, 6.45) is -0.00225. The van der Waals surface area contributed by atoms with E-state index in [1.807, 2.05) is 25.1 Å². The second-order valence-corrected chi connectivity index (χ2v) is 7.11. The largest absolute Gasteiger partial charge is 0.480 e. The summed E-state index contributed by atoms with van der Waals surface area (Å²) in [5.74, 6) is -2.74. The van der Waals surface area contributed by atoms with Crippen molar-refractivity contribution in [3.8, 4) is 0 Å². The molecule has 8 nitrogen and oxygen atoms in total. The Balaban J connectivity index is 1.74. The minimum atomic E-state index is -1.37. The first-order valence-electron chi connectivity index (χ1n) is 7.70. The summed E-state index contributed by atoms with van der Waals surface area (Å²) in [6, 6.07) is 4.14. The number of carbonyl (C=O) groups excluding carboxylic acids is 2. The Labute approximate surface area is 147 Å². The number of thiazole rings is 1. The van der Waals surface area contributed by atoms with Crippen molar-refractivity contribution in [3.63, 3.8) is 0 Å². The van der Waals surface area contributed by atoms with Crippen molar-refractivity contribution < 1.29 is 24.6 Å². The number of fused-ring (bicyclic) bond motifs is 1. The van der Waals surface area contributed by atoms with Crippen LogP contribution in [0.2, 0.25) is 0 Å². The number of amides is 2. The molecule has 1 aliphatic heterocycles. The molecule has 25 heavy (non-hydrogen) atoms. The second kappa shape index (κ2) is 6.77. The zero-order valence-corrected chi connectivity index (χ0v) is 14.2. The van der Waals surface area contributed by atoms with Gasteiger partial charge in [-0.05, 0) is 25.1 Å². The van der Waals surface area contributed by atoms with Crippen LogP contribution in [0.5, 0.6) is 0 Å². The third-order valence-corrected chi connectivity index (χ3v) is 5.03. The monoisotopic (exact) mass is 363 g/mol. The Kier molecular flexibility index (Phi) is 4.69. The van der Waals surface area contributed by atoms with Crippen LogP contribution < -0.4 is 10.2 Å². The van der Waals surface area contributed by atoms with Gasteiger partial charge in [0.2, 0.25) is 11.8 Å². The van der Waals surface area contributed by atoms with Crippen molar-refractivity contribution in [1.29, 1.82) is 0 Å². The van der Waals surface area contributed by atoms with E-state index in [-0.39, 0.29) is 18.9 Å². The molecule has 0 aliphatic carbocycles. The van der Waals surface area contributed by atoms with E-state index in [0.717, 1.165) is 15.2 Å². The highest BCUT2D eigenvalue weighted by atomic mass is 32.1. The number of carbonyl (C=O) groups is 3. The fourth-order valence-corrected chi connectivity index (χ4v) is 3.61. The second-order valence-electron chi connectivity index (χ2n) is 5.87. The minimum Gasteiger partial charge on any atom is -0.480 e. The summed E-state index contributed by atoms with van der Waals surface area (Å²) < 4.78 is 1.02. The van der Waals surface area contributed by atoms with Crippen LogP contribution in [0, 0.1) is 12.8 Å². The van der Waals surface area contributed by atoms with Gasteiger partial charge in [-0.15, -0.1) is 11.3 Å².